The number of amides is 2. The summed E-state index contributed by atoms with van der Waals surface area (Å²) < 4.78 is 0. The summed E-state index contributed by atoms with van der Waals surface area (Å²) in [6.45, 7) is 4.36. The van der Waals surface area contributed by atoms with Crippen LogP contribution < -0.4 is 5.32 Å². The van der Waals surface area contributed by atoms with Gasteiger partial charge in [0.15, 0.2) is 0 Å². The molecule has 0 fully saturated rings. The molecule has 0 saturated carbocycles. The lowest BCUT2D eigenvalue weighted by molar-refractivity contribution is -0.140. The monoisotopic (exact) mass is 474 g/mol. The zero-order valence-corrected chi connectivity index (χ0v) is 19.2. The molecule has 1 atom stereocenters. The van der Waals surface area contributed by atoms with E-state index in [0.717, 1.165) is 6.42 Å². The Morgan fingerprint density at radius 3 is 2.03 bits per heavy atom. The standard InChI is InChI=1S/C21H22Cl4N2O2/c1-3-8-26-21(29)13(2)27(12-15-5-7-17(23)11-19(15)25)20(28)9-14-4-6-16(22)10-18(14)24/h4-7,10-11,13H,3,8-9,12H2,1-2H3,(H,26,29)/t13-/m1/s1. The highest BCUT2D eigenvalue weighted by Crippen LogP contribution is 2.25. The average molecular weight is 476 g/mol. The van der Waals surface area contributed by atoms with Crippen LogP contribution in [0.4, 0.5) is 0 Å². The molecule has 2 aromatic carbocycles. The molecule has 156 valence electrons. The second-order valence-corrected chi connectivity index (χ2v) is 8.32. The van der Waals surface area contributed by atoms with Crippen molar-refractivity contribution < 1.29 is 9.59 Å². The molecule has 0 heterocycles. The summed E-state index contributed by atoms with van der Waals surface area (Å²) in [7, 11) is 0. The van der Waals surface area contributed by atoms with E-state index in [9.17, 15) is 9.59 Å². The summed E-state index contributed by atoms with van der Waals surface area (Å²) in [6.07, 6.45) is 0.836. The second kappa shape index (κ2) is 11.1. The Bertz CT molecular complexity index is 889. The van der Waals surface area contributed by atoms with Crippen LogP contribution in [0.15, 0.2) is 36.4 Å². The minimum Gasteiger partial charge on any atom is -0.354 e. The van der Waals surface area contributed by atoms with E-state index in [1.807, 2.05) is 6.92 Å². The van der Waals surface area contributed by atoms with Gasteiger partial charge in [-0.1, -0.05) is 65.5 Å². The molecule has 2 amide bonds. The smallest absolute Gasteiger partial charge is 0.242 e. The lowest BCUT2D eigenvalue weighted by Gasteiger charge is -2.29. The first-order valence-corrected chi connectivity index (χ1v) is 10.7. The predicted octanol–water partition coefficient (Wildman–Crippen LogP) is 5.79. The van der Waals surface area contributed by atoms with Crippen LogP contribution in [-0.2, 0) is 22.6 Å². The van der Waals surface area contributed by atoms with Gasteiger partial charge in [-0.05, 0) is 48.7 Å². The largest absolute Gasteiger partial charge is 0.354 e. The van der Waals surface area contributed by atoms with Gasteiger partial charge in [0.25, 0.3) is 0 Å². The summed E-state index contributed by atoms with van der Waals surface area (Å²) in [6, 6.07) is 9.33. The summed E-state index contributed by atoms with van der Waals surface area (Å²) in [5.41, 5.74) is 1.33. The van der Waals surface area contributed by atoms with E-state index in [4.69, 9.17) is 46.4 Å². The highest BCUT2D eigenvalue weighted by Gasteiger charge is 2.27. The third-order valence-corrected chi connectivity index (χ3v) is 5.60. The Kier molecular flexibility index (Phi) is 9.09. The van der Waals surface area contributed by atoms with Gasteiger partial charge in [-0.25, -0.2) is 0 Å². The van der Waals surface area contributed by atoms with Crippen molar-refractivity contribution in [1.29, 1.82) is 0 Å². The molecule has 0 saturated heterocycles. The van der Waals surface area contributed by atoms with E-state index in [0.29, 0.717) is 37.8 Å². The number of carbonyl (C=O) groups excluding carboxylic acids is 2. The van der Waals surface area contributed by atoms with Gasteiger partial charge in [-0.3, -0.25) is 9.59 Å². The van der Waals surface area contributed by atoms with Gasteiger partial charge in [-0.2, -0.15) is 0 Å². The third kappa shape index (κ3) is 6.78. The van der Waals surface area contributed by atoms with Crippen LogP contribution in [0, 0.1) is 0 Å². The van der Waals surface area contributed by atoms with Crippen LogP contribution in [0.5, 0.6) is 0 Å². The highest BCUT2D eigenvalue weighted by atomic mass is 35.5. The number of halogens is 4. The molecule has 4 nitrogen and oxygen atoms in total. The summed E-state index contributed by atoms with van der Waals surface area (Å²) >= 11 is 24.4. The summed E-state index contributed by atoms with van der Waals surface area (Å²) in [4.78, 5) is 27.2. The first-order valence-electron chi connectivity index (χ1n) is 9.18. The molecule has 29 heavy (non-hydrogen) atoms. The molecule has 2 aromatic rings. The number of hydrogen-bond acceptors (Lipinski definition) is 2. The maximum Gasteiger partial charge on any atom is 0.242 e. The number of nitrogens with one attached hydrogen (secondary N) is 1. The topological polar surface area (TPSA) is 49.4 Å². The first kappa shape index (κ1) is 23.8. The van der Waals surface area contributed by atoms with Crippen molar-refractivity contribution in [3.8, 4) is 0 Å². The quantitative estimate of drug-likeness (QED) is 0.525. The number of benzene rings is 2. The molecule has 0 unspecified atom stereocenters. The van der Waals surface area contributed by atoms with Crippen LogP contribution in [0.25, 0.3) is 0 Å². The van der Waals surface area contributed by atoms with Gasteiger partial charge in [0.2, 0.25) is 11.8 Å². The average Bonchev–Trinajstić information content (AvgIpc) is 2.67. The van der Waals surface area contributed by atoms with Crippen molar-refractivity contribution in [3.63, 3.8) is 0 Å². The van der Waals surface area contributed by atoms with Crippen molar-refractivity contribution in [1.82, 2.24) is 10.2 Å². The van der Waals surface area contributed by atoms with E-state index in [2.05, 4.69) is 5.32 Å². The van der Waals surface area contributed by atoms with Crippen LogP contribution in [-0.4, -0.2) is 29.3 Å². The Hall–Kier alpha value is -1.46. The van der Waals surface area contributed by atoms with Crippen LogP contribution in [0.3, 0.4) is 0 Å². The molecule has 0 spiro atoms. The molecular weight excluding hydrogens is 454 g/mol. The third-order valence-electron chi connectivity index (χ3n) is 4.43. The minimum absolute atomic E-state index is 0.0343. The van der Waals surface area contributed by atoms with Crippen molar-refractivity contribution in [3.05, 3.63) is 67.6 Å². The molecule has 0 aliphatic rings. The van der Waals surface area contributed by atoms with Gasteiger partial charge < -0.3 is 10.2 Å². The summed E-state index contributed by atoms with van der Waals surface area (Å²) in [5.74, 6) is -0.480. The fourth-order valence-corrected chi connectivity index (χ4v) is 3.69. The van der Waals surface area contributed by atoms with Gasteiger partial charge in [0, 0.05) is 33.2 Å². The van der Waals surface area contributed by atoms with Crippen LogP contribution in [0.2, 0.25) is 20.1 Å². The SMILES string of the molecule is CCCNC(=O)[C@@H](C)N(Cc1ccc(Cl)cc1Cl)C(=O)Cc1ccc(Cl)cc1Cl. The van der Waals surface area contributed by atoms with Gasteiger partial charge in [-0.15, -0.1) is 0 Å². The first-order chi connectivity index (χ1) is 13.7. The minimum atomic E-state index is -0.688. The van der Waals surface area contributed by atoms with E-state index in [1.54, 1.807) is 43.3 Å². The fourth-order valence-electron chi connectivity index (χ4n) is 2.74. The molecular formula is C21H22Cl4N2O2. The highest BCUT2D eigenvalue weighted by molar-refractivity contribution is 6.35. The van der Waals surface area contributed by atoms with Gasteiger partial charge in [0.1, 0.15) is 6.04 Å². The Morgan fingerprint density at radius 1 is 0.966 bits per heavy atom. The maximum atomic E-state index is 13.1. The molecule has 0 aromatic heterocycles. The Labute approximate surface area is 191 Å². The number of carbonyl (C=O) groups is 2. The number of rotatable bonds is 8. The predicted molar refractivity (Wildman–Crippen MR) is 120 cm³/mol. The zero-order chi connectivity index (χ0) is 21.6. The summed E-state index contributed by atoms with van der Waals surface area (Å²) in [5, 5.41) is 4.65. The molecule has 0 aliphatic heterocycles. The van der Waals surface area contributed by atoms with Crippen molar-refractivity contribution >= 4 is 58.2 Å². The Morgan fingerprint density at radius 2 is 1.52 bits per heavy atom. The maximum absolute atomic E-state index is 13.1. The van der Waals surface area contributed by atoms with E-state index in [1.165, 1.54) is 4.90 Å². The molecule has 2 rings (SSSR count). The van der Waals surface area contributed by atoms with E-state index < -0.39 is 6.04 Å². The normalized spacial score (nSPS) is 11.8. The zero-order valence-electron chi connectivity index (χ0n) is 16.1. The van der Waals surface area contributed by atoms with Crippen molar-refractivity contribution in [2.75, 3.05) is 6.54 Å². The molecule has 8 heteroatoms. The van der Waals surface area contributed by atoms with Crippen LogP contribution >= 0.6 is 46.4 Å². The number of hydrogen-bond donors (Lipinski definition) is 1. The van der Waals surface area contributed by atoms with Gasteiger partial charge in [0.05, 0.1) is 6.42 Å². The lowest BCUT2D eigenvalue weighted by Crippen LogP contribution is -2.48. The molecule has 0 bridgehead atoms. The number of nitrogens with zero attached hydrogens (tertiary/aromatic N) is 1. The van der Waals surface area contributed by atoms with Crippen molar-refractivity contribution in [2.45, 2.75) is 39.3 Å². The van der Waals surface area contributed by atoms with Crippen molar-refractivity contribution in [2.24, 2.45) is 0 Å². The molecule has 0 radical (unpaired) electrons. The lowest BCUT2D eigenvalue weighted by atomic mass is 10.1. The van der Waals surface area contributed by atoms with Gasteiger partial charge >= 0.3 is 0 Å². The Balaban J connectivity index is 2.29. The van der Waals surface area contributed by atoms with E-state index >= 15 is 0 Å². The second-order valence-electron chi connectivity index (χ2n) is 6.64. The molecule has 0 aliphatic carbocycles. The molecule has 1 N–H and O–H groups in total. The van der Waals surface area contributed by atoms with E-state index in [-0.39, 0.29) is 24.8 Å². The fraction of sp³-hybridized carbons (Fsp3) is 0.333. The van der Waals surface area contributed by atoms with Crippen LogP contribution in [0.1, 0.15) is 31.4 Å².